The molecule has 0 N–H and O–H groups in total. The minimum Gasteiger partial charge on any atom is -0.467 e. The van der Waals surface area contributed by atoms with E-state index in [1.54, 1.807) is 0 Å². The number of esters is 2. The Morgan fingerprint density at radius 3 is 2.55 bits per heavy atom. The Morgan fingerprint density at radius 2 is 1.86 bits per heavy atom. The van der Waals surface area contributed by atoms with Gasteiger partial charge in [-0.15, -0.1) is 0 Å². The number of ether oxygens (including phenoxy) is 2. The molecule has 29 heavy (non-hydrogen) atoms. The molecule has 2 aromatic rings. The maximum absolute atomic E-state index is 12.7. The third-order valence-electron chi connectivity index (χ3n) is 4.66. The molecule has 1 aliphatic rings. The number of methoxy groups -OCH3 is 1. The summed E-state index contributed by atoms with van der Waals surface area (Å²) in [5.41, 5.74) is 1.54. The van der Waals surface area contributed by atoms with Crippen molar-refractivity contribution in [3.05, 3.63) is 75.3 Å². The van der Waals surface area contributed by atoms with Gasteiger partial charge in [-0.2, -0.15) is 0 Å². The van der Waals surface area contributed by atoms with Crippen LogP contribution in [0, 0.1) is 10.1 Å². The van der Waals surface area contributed by atoms with Crippen LogP contribution in [0.1, 0.15) is 21.5 Å². The number of non-ortho nitro benzene ring substituents is 1. The van der Waals surface area contributed by atoms with Gasteiger partial charge in [-0.25, -0.2) is 9.59 Å². The van der Waals surface area contributed by atoms with Gasteiger partial charge in [0.05, 0.1) is 17.6 Å². The fourth-order valence-corrected chi connectivity index (χ4v) is 3.17. The van der Waals surface area contributed by atoms with Crippen molar-refractivity contribution in [1.82, 2.24) is 4.90 Å². The quantitative estimate of drug-likeness (QED) is 0.429. The molecule has 3 rings (SSSR count). The molecule has 150 valence electrons. The van der Waals surface area contributed by atoms with E-state index >= 15 is 0 Å². The Morgan fingerprint density at radius 1 is 1.14 bits per heavy atom. The highest BCUT2D eigenvalue weighted by atomic mass is 16.6. The minimum atomic E-state index is -0.867. The van der Waals surface area contributed by atoms with Gasteiger partial charge in [0.15, 0.2) is 6.61 Å². The Kier molecular flexibility index (Phi) is 5.87. The molecule has 2 aromatic carbocycles. The molecule has 1 heterocycles. The number of nitro benzene ring substituents is 1. The van der Waals surface area contributed by atoms with Crippen molar-refractivity contribution in [2.24, 2.45) is 0 Å². The number of hydrogen-bond donors (Lipinski definition) is 0. The summed E-state index contributed by atoms with van der Waals surface area (Å²) in [5.74, 6) is -1.99. The molecule has 0 aliphatic carbocycles. The lowest BCUT2D eigenvalue weighted by Gasteiger charge is -2.35. The van der Waals surface area contributed by atoms with Crippen LogP contribution in [-0.2, 0) is 32.0 Å². The van der Waals surface area contributed by atoms with E-state index in [0.717, 1.165) is 17.2 Å². The topological polar surface area (TPSA) is 116 Å². The number of carbonyl (C=O) groups is 3. The zero-order chi connectivity index (χ0) is 21.0. The molecule has 0 aromatic heterocycles. The SMILES string of the molecule is COC(=O)[C@@H]1Cc2ccccc2CN1C(=O)COC(=O)c1cccc([N+](=O)[O-])c1. The van der Waals surface area contributed by atoms with Gasteiger partial charge in [0.2, 0.25) is 0 Å². The Labute approximate surface area is 166 Å². The van der Waals surface area contributed by atoms with Crippen molar-refractivity contribution in [3.8, 4) is 0 Å². The van der Waals surface area contributed by atoms with Crippen LogP contribution in [0.25, 0.3) is 0 Å². The van der Waals surface area contributed by atoms with Crippen LogP contribution in [-0.4, -0.2) is 47.4 Å². The third-order valence-corrected chi connectivity index (χ3v) is 4.66. The van der Waals surface area contributed by atoms with Gasteiger partial charge >= 0.3 is 11.9 Å². The van der Waals surface area contributed by atoms with Gasteiger partial charge in [0, 0.05) is 25.1 Å². The summed E-state index contributed by atoms with van der Waals surface area (Å²) in [6, 6.07) is 11.6. The molecule has 0 saturated carbocycles. The molecular formula is C20H18N2O7. The predicted octanol–water partition coefficient (Wildman–Crippen LogP) is 1.88. The Bertz CT molecular complexity index is 973. The number of fused-ring (bicyclic) bond motifs is 1. The molecule has 9 nitrogen and oxygen atoms in total. The highest BCUT2D eigenvalue weighted by Crippen LogP contribution is 2.24. The van der Waals surface area contributed by atoms with Gasteiger partial charge in [-0.05, 0) is 17.2 Å². The highest BCUT2D eigenvalue weighted by Gasteiger charge is 2.35. The minimum absolute atomic E-state index is 0.0412. The molecule has 0 spiro atoms. The van der Waals surface area contributed by atoms with E-state index in [2.05, 4.69) is 0 Å². The van der Waals surface area contributed by atoms with E-state index in [1.807, 2.05) is 24.3 Å². The normalized spacial score (nSPS) is 15.2. The van der Waals surface area contributed by atoms with Gasteiger partial charge in [0.25, 0.3) is 11.6 Å². The highest BCUT2D eigenvalue weighted by molar-refractivity contribution is 5.92. The molecule has 1 aliphatic heterocycles. The van der Waals surface area contributed by atoms with Crippen molar-refractivity contribution in [2.75, 3.05) is 13.7 Å². The number of hydrogen-bond acceptors (Lipinski definition) is 7. The first-order valence-corrected chi connectivity index (χ1v) is 8.76. The number of amides is 1. The lowest BCUT2D eigenvalue weighted by atomic mass is 9.94. The summed E-state index contributed by atoms with van der Waals surface area (Å²) in [6.45, 7) is -0.416. The molecule has 0 radical (unpaired) electrons. The molecule has 0 fully saturated rings. The van der Waals surface area contributed by atoms with Gasteiger partial charge in [-0.1, -0.05) is 30.3 Å². The van der Waals surface area contributed by atoms with Crippen molar-refractivity contribution < 1.29 is 28.8 Å². The summed E-state index contributed by atoms with van der Waals surface area (Å²) < 4.78 is 9.83. The molecule has 0 unspecified atom stereocenters. The van der Waals surface area contributed by atoms with Crippen LogP contribution in [0.15, 0.2) is 48.5 Å². The second kappa shape index (κ2) is 8.51. The monoisotopic (exact) mass is 398 g/mol. The number of nitrogens with zero attached hydrogens (tertiary/aromatic N) is 2. The largest absolute Gasteiger partial charge is 0.467 e. The number of carbonyl (C=O) groups excluding carboxylic acids is 3. The van der Waals surface area contributed by atoms with E-state index in [1.165, 1.54) is 30.2 Å². The molecule has 0 bridgehead atoms. The molecular weight excluding hydrogens is 380 g/mol. The average Bonchev–Trinajstić information content (AvgIpc) is 2.75. The van der Waals surface area contributed by atoms with E-state index in [9.17, 15) is 24.5 Å². The Hall–Kier alpha value is -3.75. The van der Waals surface area contributed by atoms with E-state index in [0.29, 0.717) is 6.42 Å². The number of benzene rings is 2. The van der Waals surface area contributed by atoms with Crippen molar-refractivity contribution in [2.45, 2.75) is 19.0 Å². The Balaban J connectivity index is 1.71. The van der Waals surface area contributed by atoms with Crippen LogP contribution in [0.2, 0.25) is 0 Å². The second-order valence-electron chi connectivity index (χ2n) is 6.42. The maximum atomic E-state index is 12.7. The summed E-state index contributed by atoms with van der Waals surface area (Å²) >= 11 is 0. The van der Waals surface area contributed by atoms with Crippen molar-refractivity contribution >= 4 is 23.5 Å². The van der Waals surface area contributed by atoms with E-state index in [4.69, 9.17) is 9.47 Å². The lowest BCUT2D eigenvalue weighted by molar-refractivity contribution is -0.384. The zero-order valence-electron chi connectivity index (χ0n) is 15.6. The van der Waals surface area contributed by atoms with Crippen LogP contribution in [0.4, 0.5) is 5.69 Å². The summed E-state index contributed by atoms with van der Waals surface area (Å²) in [4.78, 5) is 48.5. The first kappa shape index (κ1) is 20.0. The fourth-order valence-electron chi connectivity index (χ4n) is 3.17. The van der Waals surface area contributed by atoms with Gasteiger partial charge < -0.3 is 14.4 Å². The summed E-state index contributed by atoms with van der Waals surface area (Å²) in [5, 5.41) is 10.8. The van der Waals surface area contributed by atoms with Crippen molar-refractivity contribution in [1.29, 1.82) is 0 Å². The molecule has 1 atom stereocenters. The van der Waals surface area contributed by atoms with E-state index < -0.39 is 35.4 Å². The second-order valence-corrected chi connectivity index (χ2v) is 6.42. The summed E-state index contributed by atoms with van der Waals surface area (Å²) in [7, 11) is 1.24. The van der Waals surface area contributed by atoms with Crippen LogP contribution < -0.4 is 0 Å². The number of nitro groups is 1. The number of rotatable bonds is 5. The van der Waals surface area contributed by atoms with Crippen molar-refractivity contribution in [3.63, 3.8) is 0 Å². The van der Waals surface area contributed by atoms with Gasteiger partial charge in [-0.3, -0.25) is 14.9 Å². The average molecular weight is 398 g/mol. The maximum Gasteiger partial charge on any atom is 0.338 e. The predicted molar refractivity (Wildman–Crippen MR) is 99.9 cm³/mol. The smallest absolute Gasteiger partial charge is 0.338 e. The first-order chi connectivity index (χ1) is 13.9. The van der Waals surface area contributed by atoms with Crippen LogP contribution in [0.3, 0.4) is 0 Å². The first-order valence-electron chi connectivity index (χ1n) is 8.76. The zero-order valence-corrected chi connectivity index (χ0v) is 15.6. The molecule has 0 saturated heterocycles. The standard InChI is InChI=1S/C20H18N2O7/c1-28-20(25)17-10-13-5-2-3-6-15(13)11-21(17)18(23)12-29-19(24)14-7-4-8-16(9-14)22(26)27/h2-9,17H,10-12H2,1H3/t17-/m0/s1. The molecule has 1 amide bonds. The molecule has 9 heteroatoms. The summed E-state index contributed by atoms with van der Waals surface area (Å²) in [6.07, 6.45) is 0.299. The fraction of sp³-hybridized carbons (Fsp3) is 0.250. The van der Waals surface area contributed by atoms with E-state index in [-0.39, 0.29) is 17.8 Å². The van der Waals surface area contributed by atoms with Gasteiger partial charge in [0.1, 0.15) is 6.04 Å². The lowest BCUT2D eigenvalue weighted by Crippen LogP contribution is -2.50. The van der Waals surface area contributed by atoms with Crippen LogP contribution >= 0.6 is 0 Å². The third kappa shape index (κ3) is 4.40. The van der Waals surface area contributed by atoms with Crippen LogP contribution in [0.5, 0.6) is 0 Å².